The van der Waals surface area contributed by atoms with Gasteiger partial charge in [0.25, 0.3) is 5.91 Å². The van der Waals surface area contributed by atoms with Crippen LogP contribution in [0.4, 0.5) is 11.4 Å². The van der Waals surface area contributed by atoms with Crippen LogP contribution in [0.2, 0.25) is 0 Å². The van der Waals surface area contributed by atoms with E-state index in [2.05, 4.69) is 15.6 Å². The summed E-state index contributed by atoms with van der Waals surface area (Å²) in [5, 5.41) is 5.62. The van der Waals surface area contributed by atoms with Gasteiger partial charge in [-0.2, -0.15) is 4.31 Å². The Morgan fingerprint density at radius 2 is 1.83 bits per heavy atom. The number of piperidine rings is 1. The number of imidazole rings is 1. The first-order valence-corrected chi connectivity index (χ1v) is 13.0. The number of hydrogen-bond donors (Lipinski definition) is 2. The molecule has 2 aromatic carbocycles. The van der Waals surface area contributed by atoms with E-state index in [9.17, 15) is 18.0 Å². The fourth-order valence-corrected chi connectivity index (χ4v) is 5.50. The van der Waals surface area contributed by atoms with Gasteiger partial charge in [0.15, 0.2) is 0 Å². The van der Waals surface area contributed by atoms with Gasteiger partial charge in [-0.1, -0.05) is 18.6 Å². The number of sulfonamides is 1. The number of rotatable bonds is 8. The molecule has 184 valence electrons. The number of aryl methyl sites for hydroxylation is 2. The predicted molar refractivity (Wildman–Crippen MR) is 134 cm³/mol. The molecular weight excluding hydrogens is 466 g/mol. The minimum absolute atomic E-state index is 0.166. The van der Waals surface area contributed by atoms with Crippen LogP contribution in [-0.2, 0) is 21.4 Å². The standard InChI is InChI=1S/C25H29N5O4S/c1-19-8-9-22(35(33,34)30-12-3-2-4-13-30)17-23(19)28-25(32)20-6-5-7-21(16-20)27-24(31)10-14-29-15-11-26-18-29/h5-9,11,15-18H,2-4,10,12-14H2,1H3,(H,27,31)(H,28,32). The van der Waals surface area contributed by atoms with Gasteiger partial charge in [0.2, 0.25) is 15.9 Å². The van der Waals surface area contributed by atoms with E-state index in [-0.39, 0.29) is 17.2 Å². The molecule has 0 bridgehead atoms. The zero-order valence-electron chi connectivity index (χ0n) is 19.6. The Morgan fingerprint density at radius 3 is 2.57 bits per heavy atom. The average molecular weight is 496 g/mol. The second kappa shape index (κ2) is 10.8. The molecule has 1 aliphatic heterocycles. The van der Waals surface area contributed by atoms with Crippen molar-refractivity contribution in [1.29, 1.82) is 0 Å². The van der Waals surface area contributed by atoms with E-state index in [1.807, 2.05) is 11.5 Å². The Hall–Kier alpha value is -3.50. The third-order valence-electron chi connectivity index (χ3n) is 5.97. The second-order valence-electron chi connectivity index (χ2n) is 8.58. The molecule has 1 fully saturated rings. The molecule has 4 rings (SSSR count). The molecule has 0 spiro atoms. The molecule has 0 radical (unpaired) electrons. The van der Waals surface area contributed by atoms with Crippen LogP contribution in [0.5, 0.6) is 0 Å². The molecule has 0 aliphatic carbocycles. The maximum atomic E-state index is 13.1. The lowest BCUT2D eigenvalue weighted by atomic mass is 10.1. The molecule has 2 amide bonds. The van der Waals surface area contributed by atoms with Gasteiger partial charge < -0.3 is 15.2 Å². The number of anilines is 2. The van der Waals surface area contributed by atoms with Crippen LogP contribution in [0.25, 0.3) is 0 Å². The summed E-state index contributed by atoms with van der Waals surface area (Å²) < 4.78 is 29.4. The lowest BCUT2D eigenvalue weighted by molar-refractivity contribution is -0.116. The normalized spacial score (nSPS) is 14.4. The molecule has 3 aromatic rings. The van der Waals surface area contributed by atoms with Crippen LogP contribution in [0, 0.1) is 6.92 Å². The van der Waals surface area contributed by atoms with Gasteiger partial charge >= 0.3 is 0 Å². The number of carbonyl (C=O) groups is 2. The topological polar surface area (TPSA) is 113 Å². The Morgan fingerprint density at radius 1 is 1.03 bits per heavy atom. The third kappa shape index (κ3) is 6.14. The van der Waals surface area contributed by atoms with Gasteiger partial charge in [0.1, 0.15) is 0 Å². The maximum Gasteiger partial charge on any atom is 0.255 e. The summed E-state index contributed by atoms with van der Waals surface area (Å²) in [6.07, 6.45) is 8.09. The molecule has 10 heteroatoms. The van der Waals surface area contributed by atoms with Gasteiger partial charge in [-0.15, -0.1) is 0 Å². The summed E-state index contributed by atoms with van der Waals surface area (Å²) in [5.41, 5.74) is 2.04. The monoisotopic (exact) mass is 495 g/mol. The van der Waals surface area contributed by atoms with Crippen molar-refractivity contribution in [3.05, 3.63) is 72.3 Å². The van der Waals surface area contributed by atoms with Gasteiger partial charge in [-0.25, -0.2) is 13.4 Å². The fraction of sp³-hybridized carbons (Fsp3) is 0.320. The van der Waals surface area contributed by atoms with Crippen molar-refractivity contribution in [3.8, 4) is 0 Å². The van der Waals surface area contributed by atoms with Crippen LogP contribution in [0.3, 0.4) is 0 Å². The highest BCUT2D eigenvalue weighted by Gasteiger charge is 2.26. The van der Waals surface area contributed by atoms with E-state index < -0.39 is 15.9 Å². The number of benzene rings is 2. The van der Waals surface area contributed by atoms with Gasteiger partial charge in [-0.3, -0.25) is 9.59 Å². The Kier molecular flexibility index (Phi) is 7.62. The lowest BCUT2D eigenvalue weighted by Gasteiger charge is -2.26. The van der Waals surface area contributed by atoms with Crippen molar-refractivity contribution in [2.75, 3.05) is 23.7 Å². The van der Waals surface area contributed by atoms with E-state index in [0.29, 0.717) is 36.6 Å². The lowest BCUT2D eigenvalue weighted by Crippen LogP contribution is -2.35. The Bertz CT molecular complexity index is 1300. The van der Waals surface area contributed by atoms with Crippen LogP contribution in [-0.4, -0.2) is 47.2 Å². The fourth-order valence-electron chi connectivity index (χ4n) is 3.96. The Balaban J connectivity index is 1.44. The SMILES string of the molecule is Cc1ccc(S(=O)(=O)N2CCCCC2)cc1NC(=O)c1cccc(NC(=O)CCn2ccnc2)c1. The number of carbonyl (C=O) groups excluding carboxylic acids is 2. The molecule has 0 atom stereocenters. The summed E-state index contributed by atoms with van der Waals surface area (Å²) in [4.78, 5) is 29.3. The molecule has 35 heavy (non-hydrogen) atoms. The first-order valence-electron chi connectivity index (χ1n) is 11.6. The summed E-state index contributed by atoms with van der Waals surface area (Å²) in [6, 6.07) is 11.4. The predicted octanol–water partition coefficient (Wildman–Crippen LogP) is 3.65. The van der Waals surface area contributed by atoms with E-state index in [1.165, 1.54) is 10.4 Å². The van der Waals surface area contributed by atoms with Gasteiger partial charge in [0.05, 0.1) is 11.2 Å². The zero-order valence-corrected chi connectivity index (χ0v) is 20.4. The third-order valence-corrected chi connectivity index (χ3v) is 7.87. The van der Waals surface area contributed by atoms with Crippen LogP contribution in [0.15, 0.2) is 66.1 Å². The summed E-state index contributed by atoms with van der Waals surface area (Å²) >= 11 is 0. The summed E-state index contributed by atoms with van der Waals surface area (Å²) in [6.45, 7) is 3.34. The Labute approximate surface area is 205 Å². The summed E-state index contributed by atoms with van der Waals surface area (Å²) in [5.74, 6) is -0.571. The highest BCUT2D eigenvalue weighted by atomic mass is 32.2. The van der Waals surface area contributed by atoms with Crippen molar-refractivity contribution in [2.24, 2.45) is 0 Å². The van der Waals surface area contributed by atoms with E-state index >= 15 is 0 Å². The van der Waals surface area contributed by atoms with Crippen molar-refractivity contribution in [3.63, 3.8) is 0 Å². The second-order valence-corrected chi connectivity index (χ2v) is 10.5. The molecule has 0 saturated carbocycles. The van der Waals surface area contributed by atoms with Gasteiger partial charge in [-0.05, 0) is 55.7 Å². The van der Waals surface area contributed by atoms with E-state index in [0.717, 1.165) is 24.8 Å². The molecule has 1 saturated heterocycles. The van der Waals surface area contributed by atoms with Crippen molar-refractivity contribution >= 4 is 33.2 Å². The molecule has 2 heterocycles. The molecular formula is C25H29N5O4S. The van der Waals surface area contributed by atoms with Gasteiger partial charge in [0, 0.05) is 55.4 Å². The van der Waals surface area contributed by atoms with Crippen LogP contribution < -0.4 is 10.6 Å². The van der Waals surface area contributed by atoms with E-state index in [4.69, 9.17) is 0 Å². The average Bonchev–Trinajstić information content (AvgIpc) is 3.38. The van der Waals surface area contributed by atoms with Crippen molar-refractivity contribution in [1.82, 2.24) is 13.9 Å². The van der Waals surface area contributed by atoms with Crippen molar-refractivity contribution in [2.45, 2.75) is 44.0 Å². The maximum absolute atomic E-state index is 13.1. The number of nitrogens with zero attached hydrogens (tertiary/aromatic N) is 3. The zero-order chi connectivity index (χ0) is 24.8. The molecule has 0 unspecified atom stereocenters. The van der Waals surface area contributed by atoms with Crippen LogP contribution >= 0.6 is 0 Å². The highest BCUT2D eigenvalue weighted by molar-refractivity contribution is 7.89. The smallest absolute Gasteiger partial charge is 0.255 e. The minimum atomic E-state index is -3.61. The quantitative estimate of drug-likeness (QED) is 0.495. The first-order chi connectivity index (χ1) is 16.8. The minimum Gasteiger partial charge on any atom is -0.337 e. The number of hydrogen-bond acceptors (Lipinski definition) is 5. The largest absolute Gasteiger partial charge is 0.337 e. The number of aromatic nitrogens is 2. The molecule has 9 nitrogen and oxygen atoms in total. The molecule has 1 aromatic heterocycles. The molecule has 1 aliphatic rings. The van der Waals surface area contributed by atoms with Crippen LogP contribution in [0.1, 0.15) is 41.6 Å². The number of amides is 2. The summed E-state index contributed by atoms with van der Waals surface area (Å²) in [7, 11) is -3.61. The first kappa shape index (κ1) is 24.6. The number of nitrogens with one attached hydrogen (secondary N) is 2. The highest BCUT2D eigenvalue weighted by Crippen LogP contribution is 2.26. The van der Waals surface area contributed by atoms with E-state index in [1.54, 1.807) is 55.1 Å². The van der Waals surface area contributed by atoms with Crippen molar-refractivity contribution < 1.29 is 18.0 Å². The molecule has 2 N–H and O–H groups in total.